The predicted molar refractivity (Wildman–Crippen MR) is 115 cm³/mol. The van der Waals surface area contributed by atoms with Crippen molar-refractivity contribution in [2.45, 2.75) is 20.8 Å². The number of nitrogens with zero attached hydrogens (tertiary/aromatic N) is 3. The van der Waals surface area contributed by atoms with Gasteiger partial charge < -0.3 is 15.5 Å². The molecule has 28 heavy (non-hydrogen) atoms. The number of benzene rings is 2. The number of aryl methyl sites for hydroxylation is 3. The number of aromatic nitrogens is 2. The summed E-state index contributed by atoms with van der Waals surface area (Å²) in [5.41, 5.74) is 5.17. The highest BCUT2D eigenvalue weighted by molar-refractivity contribution is 6.04. The van der Waals surface area contributed by atoms with Gasteiger partial charge in [0.15, 0.2) is 0 Å². The lowest BCUT2D eigenvalue weighted by Crippen LogP contribution is -2.16. The Kier molecular flexibility index (Phi) is 5.59. The highest BCUT2D eigenvalue weighted by atomic mass is 16.1. The molecule has 0 fully saturated rings. The number of carbonyl (C=O) groups excluding carboxylic acids is 1. The zero-order valence-corrected chi connectivity index (χ0v) is 16.9. The number of rotatable bonds is 5. The molecule has 1 amide bonds. The first kappa shape index (κ1) is 19.4. The summed E-state index contributed by atoms with van der Waals surface area (Å²) in [6, 6.07) is 15.6. The van der Waals surface area contributed by atoms with E-state index in [-0.39, 0.29) is 5.91 Å². The summed E-state index contributed by atoms with van der Waals surface area (Å²) >= 11 is 0. The largest absolute Gasteiger partial charge is 0.378 e. The van der Waals surface area contributed by atoms with Crippen molar-refractivity contribution in [3.63, 3.8) is 0 Å². The van der Waals surface area contributed by atoms with E-state index in [2.05, 4.69) is 20.6 Å². The van der Waals surface area contributed by atoms with Gasteiger partial charge in [0.1, 0.15) is 17.3 Å². The Morgan fingerprint density at radius 1 is 0.929 bits per heavy atom. The quantitative estimate of drug-likeness (QED) is 0.689. The Bertz CT molecular complexity index is 976. The van der Waals surface area contributed by atoms with Gasteiger partial charge in [-0.1, -0.05) is 18.2 Å². The summed E-state index contributed by atoms with van der Waals surface area (Å²) < 4.78 is 0. The van der Waals surface area contributed by atoms with Crippen molar-refractivity contribution in [3.05, 3.63) is 71.2 Å². The molecule has 144 valence electrons. The van der Waals surface area contributed by atoms with E-state index in [1.165, 1.54) is 0 Å². The molecule has 3 aromatic rings. The van der Waals surface area contributed by atoms with Crippen LogP contribution in [0.1, 0.15) is 27.4 Å². The van der Waals surface area contributed by atoms with Gasteiger partial charge in [0.2, 0.25) is 0 Å². The SMILES string of the molecule is Cc1nc(Nc2ccc(N(C)C)cc2)cc(C(=O)Nc2c(C)cccc2C)n1. The lowest BCUT2D eigenvalue weighted by molar-refractivity contribution is 0.102. The Labute approximate surface area is 165 Å². The van der Waals surface area contributed by atoms with E-state index >= 15 is 0 Å². The minimum Gasteiger partial charge on any atom is -0.378 e. The van der Waals surface area contributed by atoms with Gasteiger partial charge in [-0.25, -0.2) is 9.97 Å². The molecule has 0 spiro atoms. The Balaban J connectivity index is 1.81. The normalized spacial score (nSPS) is 10.5. The first-order valence-electron chi connectivity index (χ1n) is 9.11. The maximum absolute atomic E-state index is 12.8. The molecule has 0 saturated heterocycles. The molecule has 0 atom stereocenters. The molecule has 1 heterocycles. The molecule has 0 aliphatic carbocycles. The van der Waals surface area contributed by atoms with Gasteiger partial charge in [0, 0.05) is 37.2 Å². The number of para-hydroxylation sites is 1. The summed E-state index contributed by atoms with van der Waals surface area (Å²) in [5, 5.41) is 6.21. The third-order valence-corrected chi connectivity index (χ3v) is 4.45. The minimum atomic E-state index is -0.256. The van der Waals surface area contributed by atoms with Crippen LogP contribution < -0.4 is 15.5 Å². The summed E-state index contributed by atoms with van der Waals surface area (Å²) in [6.45, 7) is 5.71. The summed E-state index contributed by atoms with van der Waals surface area (Å²) in [5.74, 6) is 0.854. The molecule has 0 saturated carbocycles. The van der Waals surface area contributed by atoms with Crippen molar-refractivity contribution in [1.29, 1.82) is 0 Å². The number of anilines is 4. The predicted octanol–water partition coefficient (Wildman–Crippen LogP) is 4.46. The van der Waals surface area contributed by atoms with Gasteiger partial charge in [-0.3, -0.25) is 4.79 Å². The van der Waals surface area contributed by atoms with Gasteiger partial charge in [-0.2, -0.15) is 0 Å². The van der Waals surface area contributed by atoms with Crippen molar-refractivity contribution in [2.24, 2.45) is 0 Å². The third kappa shape index (κ3) is 4.46. The number of amides is 1. The van der Waals surface area contributed by atoms with Crippen molar-refractivity contribution in [1.82, 2.24) is 9.97 Å². The van der Waals surface area contributed by atoms with Crippen LogP contribution in [0.25, 0.3) is 0 Å². The van der Waals surface area contributed by atoms with E-state index < -0.39 is 0 Å². The summed E-state index contributed by atoms with van der Waals surface area (Å²) in [6.07, 6.45) is 0. The highest BCUT2D eigenvalue weighted by Gasteiger charge is 2.13. The van der Waals surface area contributed by atoms with E-state index in [0.717, 1.165) is 28.2 Å². The second kappa shape index (κ2) is 8.08. The van der Waals surface area contributed by atoms with Crippen LogP contribution in [0.5, 0.6) is 0 Å². The maximum atomic E-state index is 12.8. The van der Waals surface area contributed by atoms with Crippen molar-refractivity contribution in [3.8, 4) is 0 Å². The van der Waals surface area contributed by atoms with Gasteiger partial charge in [-0.05, 0) is 56.2 Å². The average Bonchev–Trinajstić information content (AvgIpc) is 2.64. The summed E-state index contributed by atoms with van der Waals surface area (Å²) in [7, 11) is 3.99. The molecule has 2 N–H and O–H groups in total. The van der Waals surface area contributed by atoms with Gasteiger partial charge in [0.05, 0.1) is 0 Å². The van der Waals surface area contributed by atoms with Crippen LogP contribution in [-0.2, 0) is 0 Å². The standard InChI is InChI=1S/C22H25N5O/c1-14-7-6-8-15(2)21(14)26-22(28)19-13-20(24-16(3)23-19)25-17-9-11-18(12-10-17)27(4)5/h6-13H,1-5H3,(H,26,28)(H,23,24,25). The van der Waals surface area contributed by atoms with Crippen LogP contribution in [-0.4, -0.2) is 30.0 Å². The molecule has 0 bridgehead atoms. The van der Waals surface area contributed by atoms with E-state index in [9.17, 15) is 4.79 Å². The van der Waals surface area contributed by atoms with Crippen LogP contribution in [0.4, 0.5) is 22.9 Å². The van der Waals surface area contributed by atoms with Gasteiger partial charge in [-0.15, -0.1) is 0 Å². The third-order valence-electron chi connectivity index (χ3n) is 4.45. The van der Waals surface area contributed by atoms with Crippen LogP contribution in [0.15, 0.2) is 48.5 Å². The molecule has 2 aromatic carbocycles. The lowest BCUT2D eigenvalue weighted by Gasteiger charge is -2.14. The second-order valence-corrected chi connectivity index (χ2v) is 6.97. The van der Waals surface area contributed by atoms with E-state index in [0.29, 0.717) is 17.3 Å². The van der Waals surface area contributed by atoms with E-state index in [1.807, 2.05) is 75.3 Å². The van der Waals surface area contributed by atoms with Crippen molar-refractivity contribution < 1.29 is 4.79 Å². The Hall–Kier alpha value is -3.41. The molecule has 1 aromatic heterocycles. The first-order valence-corrected chi connectivity index (χ1v) is 9.11. The highest BCUT2D eigenvalue weighted by Crippen LogP contribution is 2.22. The number of hydrogen-bond acceptors (Lipinski definition) is 5. The Morgan fingerprint density at radius 2 is 1.57 bits per heavy atom. The number of nitrogens with one attached hydrogen (secondary N) is 2. The zero-order chi connectivity index (χ0) is 20.3. The smallest absolute Gasteiger partial charge is 0.274 e. The number of carbonyl (C=O) groups is 1. The summed E-state index contributed by atoms with van der Waals surface area (Å²) in [4.78, 5) is 23.5. The molecule has 0 unspecified atom stereocenters. The van der Waals surface area contributed by atoms with Crippen LogP contribution in [0.2, 0.25) is 0 Å². The van der Waals surface area contributed by atoms with Crippen LogP contribution in [0, 0.1) is 20.8 Å². The topological polar surface area (TPSA) is 70.2 Å². The molecule has 0 aliphatic rings. The van der Waals surface area contributed by atoms with E-state index in [4.69, 9.17) is 0 Å². The van der Waals surface area contributed by atoms with Crippen LogP contribution in [0.3, 0.4) is 0 Å². The van der Waals surface area contributed by atoms with Crippen LogP contribution >= 0.6 is 0 Å². The molecular weight excluding hydrogens is 350 g/mol. The fraction of sp³-hybridized carbons (Fsp3) is 0.227. The Morgan fingerprint density at radius 3 is 2.18 bits per heavy atom. The average molecular weight is 375 g/mol. The zero-order valence-electron chi connectivity index (χ0n) is 16.9. The van der Waals surface area contributed by atoms with Crippen molar-refractivity contribution in [2.75, 3.05) is 29.6 Å². The minimum absolute atomic E-state index is 0.256. The van der Waals surface area contributed by atoms with Gasteiger partial charge in [0.25, 0.3) is 5.91 Å². The van der Waals surface area contributed by atoms with E-state index in [1.54, 1.807) is 13.0 Å². The fourth-order valence-electron chi connectivity index (χ4n) is 2.93. The molecule has 3 rings (SSSR count). The molecule has 0 aliphatic heterocycles. The molecule has 0 radical (unpaired) electrons. The lowest BCUT2D eigenvalue weighted by atomic mass is 10.1. The molecular formula is C22H25N5O. The van der Waals surface area contributed by atoms with Crippen molar-refractivity contribution >= 4 is 28.8 Å². The first-order chi connectivity index (χ1) is 13.3. The molecule has 6 heteroatoms. The number of hydrogen-bond donors (Lipinski definition) is 2. The maximum Gasteiger partial charge on any atom is 0.274 e. The van der Waals surface area contributed by atoms with Gasteiger partial charge >= 0.3 is 0 Å². The second-order valence-electron chi connectivity index (χ2n) is 6.97. The molecule has 6 nitrogen and oxygen atoms in total. The monoisotopic (exact) mass is 375 g/mol. The fourth-order valence-corrected chi connectivity index (χ4v) is 2.93.